The second kappa shape index (κ2) is 2.59. The molecule has 0 aromatic heterocycles. The van der Waals surface area contributed by atoms with E-state index in [1.807, 2.05) is 6.07 Å². The summed E-state index contributed by atoms with van der Waals surface area (Å²) in [6, 6.07) is 3.66. The van der Waals surface area contributed by atoms with Crippen molar-refractivity contribution in [2.24, 2.45) is 0 Å². The van der Waals surface area contributed by atoms with E-state index in [1.165, 1.54) is 0 Å². The maximum absolute atomic E-state index is 5.73. The molecule has 0 saturated heterocycles. The third-order valence-corrected chi connectivity index (χ3v) is 1.90. The second-order valence-electron chi connectivity index (χ2n) is 2.65. The molecule has 12 heavy (non-hydrogen) atoms. The highest BCUT2D eigenvalue weighted by atomic mass is 16.7. The fraction of sp³-hybridized carbons (Fsp3) is 0.222. The molecule has 2 rings (SSSR count). The van der Waals surface area contributed by atoms with Crippen LogP contribution in [0.15, 0.2) is 12.1 Å². The smallest absolute Gasteiger partial charge is 0.231 e. The van der Waals surface area contributed by atoms with Crippen LogP contribution in [0.4, 0.5) is 5.69 Å². The van der Waals surface area contributed by atoms with E-state index < -0.39 is 0 Å². The molecule has 3 nitrogen and oxygen atoms in total. The zero-order chi connectivity index (χ0) is 8.55. The summed E-state index contributed by atoms with van der Waals surface area (Å²) in [5.74, 6) is 1.49. The van der Waals surface area contributed by atoms with Crippen molar-refractivity contribution < 1.29 is 9.47 Å². The van der Waals surface area contributed by atoms with E-state index in [1.54, 1.807) is 6.07 Å². The first-order chi connectivity index (χ1) is 5.81. The highest BCUT2D eigenvalue weighted by molar-refractivity contribution is 5.58. The third kappa shape index (κ3) is 0.978. The number of nitrogens with two attached hydrogens (primary N) is 1. The largest absolute Gasteiger partial charge is 0.454 e. The molecule has 0 saturated carbocycles. The molecule has 1 aromatic rings. The van der Waals surface area contributed by atoms with Crippen LogP contribution in [0.3, 0.4) is 0 Å². The molecule has 1 aromatic carbocycles. The third-order valence-electron chi connectivity index (χ3n) is 1.90. The quantitative estimate of drug-likeness (QED) is 0.637. The maximum atomic E-state index is 5.73. The van der Waals surface area contributed by atoms with Gasteiger partial charge in [0.15, 0.2) is 11.5 Å². The Labute approximate surface area is 71.1 Å². The van der Waals surface area contributed by atoms with Crippen molar-refractivity contribution in [3.63, 3.8) is 0 Å². The monoisotopic (exact) mass is 164 g/mol. The molecule has 2 N–H and O–H groups in total. The van der Waals surface area contributed by atoms with Gasteiger partial charge in [0.2, 0.25) is 6.79 Å². The average molecular weight is 164 g/mol. The first-order valence-electron chi connectivity index (χ1n) is 3.78. The molecule has 1 aliphatic rings. The van der Waals surface area contributed by atoms with E-state index in [4.69, 9.17) is 15.2 Å². The number of ether oxygens (including phenoxy) is 2. The molecule has 1 heterocycles. The zero-order valence-electron chi connectivity index (χ0n) is 6.67. The number of anilines is 1. The van der Waals surface area contributed by atoms with E-state index in [-0.39, 0.29) is 6.79 Å². The average Bonchev–Trinajstić information content (AvgIpc) is 2.49. The van der Waals surface area contributed by atoms with Gasteiger partial charge in [0.25, 0.3) is 0 Å². The van der Waals surface area contributed by atoms with E-state index in [0.29, 0.717) is 12.1 Å². The zero-order valence-corrected chi connectivity index (χ0v) is 6.67. The van der Waals surface area contributed by atoms with Gasteiger partial charge in [-0.3, -0.25) is 0 Å². The van der Waals surface area contributed by atoms with Crippen LogP contribution < -0.4 is 15.2 Å². The van der Waals surface area contributed by atoms with Gasteiger partial charge in [0.1, 0.15) is 0 Å². The number of benzene rings is 1. The summed E-state index contributed by atoms with van der Waals surface area (Å²) in [7, 11) is 0. The predicted octanol–water partition coefficient (Wildman–Crippen LogP) is 1.37. The predicted molar refractivity (Wildman–Crippen MR) is 46.0 cm³/mol. The normalized spacial score (nSPS) is 13.4. The van der Waals surface area contributed by atoms with Gasteiger partial charge in [-0.05, 0) is 25.0 Å². The van der Waals surface area contributed by atoms with Gasteiger partial charge in [-0.2, -0.15) is 0 Å². The Balaban J connectivity index is 2.49. The molecule has 1 aliphatic heterocycles. The highest BCUT2D eigenvalue weighted by Crippen LogP contribution is 2.35. The SMILES string of the molecule is [CH2]Cc1cc2c(cc1N)OCO2. The van der Waals surface area contributed by atoms with E-state index in [9.17, 15) is 0 Å². The lowest BCUT2D eigenvalue weighted by molar-refractivity contribution is 0.174. The summed E-state index contributed by atoms with van der Waals surface area (Å²) < 4.78 is 10.3. The van der Waals surface area contributed by atoms with E-state index >= 15 is 0 Å². The topological polar surface area (TPSA) is 44.5 Å². The van der Waals surface area contributed by atoms with Gasteiger partial charge in [0.05, 0.1) is 0 Å². The number of hydrogen-bond acceptors (Lipinski definition) is 3. The van der Waals surface area contributed by atoms with Gasteiger partial charge in [-0.1, -0.05) is 0 Å². The summed E-state index contributed by atoms with van der Waals surface area (Å²) in [5, 5.41) is 0. The van der Waals surface area contributed by atoms with Crippen LogP contribution in [0.5, 0.6) is 11.5 Å². The molecular weight excluding hydrogens is 154 g/mol. The Morgan fingerprint density at radius 1 is 1.33 bits per heavy atom. The van der Waals surface area contributed by atoms with Crippen LogP contribution in [-0.2, 0) is 6.42 Å². The van der Waals surface area contributed by atoms with Crippen molar-refractivity contribution in [3.8, 4) is 11.5 Å². The Bertz CT molecular complexity index is 309. The summed E-state index contributed by atoms with van der Waals surface area (Å²) in [6.45, 7) is 4.05. The summed E-state index contributed by atoms with van der Waals surface area (Å²) in [5.41, 5.74) is 7.44. The van der Waals surface area contributed by atoms with Crippen LogP contribution in [0.1, 0.15) is 5.56 Å². The number of fused-ring (bicyclic) bond motifs is 1. The van der Waals surface area contributed by atoms with Crippen LogP contribution in [0.2, 0.25) is 0 Å². The Kier molecular flexibility index (Phi) is 1.57. The first-order valence-corrected chi connectivity index (χ1v) is 3.78. The molecule has 63 valence electrons. The molecule has 3 heteroatoms. The molecule has 0 unspecified atom stereocenters. The van der Waals surface area contributed by atoms with Gasteiger partial charge in [-0.15, -0.1) is 0 Å². The summed E-state index contributed by atoms with van der Waals surface area (Å²) >= 11 is 0. The molecule has 1 radical (unpaired) electrons. The maximum Gasteiger partial charge on any atom is 0.231 e. The minimum atomic E-state index is 0.287. The number of hydrogen-bond donors (Lipinski definition) is 1. The van der Waals surface area contributed by atoms with Crippen LogP contribution in [-0.4, -0.2) is 6.79 Å². The highest BCUT2D eigenvalue weighted by Gasteiger charge is 2.14. The van der Waals surface area contributed by atoms with Crippen molar-refractivity contribution in [1.82, 2.24) is 0 Å². The molecule has 0 bridgehead atoms. The van der Waals surface area contributed by atoms with Gasteiger partial charge in [-0.25, -0.2) is 0 Å². The van der Waals surface area contributed by atoms with Crippen molar-refractivity contribution in [3.05, 3.63) is 24.6 Å². The summed E-state index contributed by atoms with van der Waals surface area (Å²) in [6.07, 6.45) is 0.669. The molecular formula is C9H10NO2. The van der Waals surface area contributed by atoms with Crippen molar-refractivity contribution >= 4 is 5.69 Å². The van der Waals surface area contributed by atoms with Crippen LogP contribution in [0.25, 0.3) is 0 Å². The van der Waals surface area contributed by atoms with Gasteiger partial charge in [0, 0.05) is 11.8 Å². The second-order valence-corrected chi connectivity index (χ2v) is 2.65. The Hall–Kier alpha value is -1.38. The molecule has 0 aliphatic carbocycles. The van der Waals surface area contributed by atoms with Crippen molar-refractivity contribution in [1.29, 1.82) is 0 Å². The van der Waals surface area contributed by atoms with Crippen molar-refractivity contribution in [2.45, 2.75) is 6.42 Å². The van der Waals surface area contributed by atoms with E-state index in [2.05, 4.69) is 6.92 Å². The lowest BCUT2D eigenvalue weighted by Crippen LogP contribution is -1.92. The van der Waals surface area contributed by atoms with E-state index in [0.717, 1.165) is 17.1 Å². The molecule has 0 atom stereocenters. The fourth-order valence-corrected chi connectivity index (χ4v) is 1.22. The minimum Gasteiger partial charge on any atom is -0.454 e. The Morgan fingerprint density at radius 3 is 2.67 bits per heavy atom. The molecule has 0 fully saturated rings. The van der Waals surface area contributed by atoms with Gasteiger partial charge >= 0.3 is 0 Å². The fourth-order valence-electron chi connectivity index (χ4n) is 1.22. The lowest BCUT2D eigenvalue weighted by atomic mass is 10.1. The summed E-state index contributed by atoms with van der Waals surface area (Å²) in [4.78, 5) is 0. The minimum absolute atomic E-state index is 0.287. The van der Waals surface area contributed by atoms with Crippen molar-refractivity contribution in [2.75, 3.05) is 12.5 Å². The number of rotatable bonds is 1. The molecule has 0 amide bonds. The molecule has 0 spiro atoms. The Morgan fingerprint density at radius 2 is 2.00 bits per heavy atom. The lowest BCUT2D eigenvalue weighted by Gasteiger charge is -2.03. The first kappa shape index (κ1) is 7.28. The standard InChI is InChI=1S/C9H10NO2/c1-2-6-3-8-9(4-7(6)10)12-5-11-8/h3-4H,1-2,5,10H2. The van der Waals surface area contributed by atoms with Crippen LogP contribution >= 0.6 is 0 Å². The van der Waals surface area contributed by atoms with Gasteiger partial charge < -0.3 is 15.2 Å². The van der Waals surface area contributed by atoms with Crippen LogP contribution in [0, 0.1) is 6.92 Å². The number of nitrogen functional groups attached to an aromatic ring is 1.